The molecule has 0 saturated heterocycles. The first-order valence-corrected chi connectivity index (χ1v) is 6.78. The topological polar surface area (TPSA) is 149 Å². The molecule has 2 aromatic rings. The van der Waals surface area contributed by atoms with Crippen molar-refractivity contribution in [2.24, 2.45) is 0 Å². The maximum atomic E-state index is 10.6. The Morgan fingerprint density at radius 1 is 0.600 bits per heavy atom. The summed E-state index contributed by atoms with van der Waals surface area (Å²) in [7, 11) is 0. The SMILES string of the molecule is Cc1c(C(=O)O)cccc1C(=O)O.O=C(O)c1ccc(C(=O)O)cc1. The fourth-order valence-corrected chi connectivity index (χ4v) is 1.85. The van der Waals surface area contributed by atoms with Crippen LogP contribution in [-0.2, 0) is 0 Å². The Balaban J connectivity index is 0.000000251. The van der Waals surface area contributed by atoms with Crippen LogP contribution in [0, 0.1) is 6.92 Å². The van der Waals surface area contributed by atoms with Gasteiger partial charge in [0.15, 0.2) is 0 Å². The lowest BCUT2D eigenvalue weighted by Crippen LogP contribution is -2.06. The lowest BCUT2D eigenvalue weighted by Gasteiger charge is -2.03. The average molecular weight is 346 g/mol. The highest BCUT2D eigenvalue weighted by Gasteiger charge is 2.13. The standard InChI is InChI=1S/C9H8O4.C8H6O4/c1-5-6(8(10)11)3-2-4-7(5)9(12)13;9-7(10)5-1-2-6(4-3-5)8(11)12/h2-4H,1H3,(H,10,11)(H,12,13);1-4H,(H,9,10)(H,11,12). The Morgan fingerprint density at radius 2 is 0.920 bits per heavy atom. The first-order valence-electron chi connectivity index (χ1n) is 6.78. The molecular weight excluding hydrogens is 332 g/mol. The maximum absolute atomic E-state index is 10.6. The quantitative estimate of drug-likeness (QED) is 0.659. The van der Waals surface area contributed by atoms with Gasteiger partial charge >= 0.3 is 23.9 Å². The molecule has 25 heavy (non-hydrogen) atoms. The summed E-state index contributed by atoms with van der Waals surface area (Å²) in [6.45, 7) is 1.48. The van der Waals surface area contributed by atoms with Crippen molar-refractivity contribution in [3.63, 3.8) is 0 Å². The molecular formula is C17H14O8. The van der Waals surface area contributed by atoms with Crippen LogP contribution in [-0.4, -0.2) is 44.3 Å². The number of carbonyl (C=O) groups is 4. The third-order valence-electron chi connectivity index (χ3n) is 3.17. The van der Waals surface area contributed by atoms with Gasteiger partial charge < -0.3 is 20.4 Å². The van der Waals surface area contributed by atoms with E-state index in [1.807, 2.05) is 0 Å². The Morgan fingerprint density at radius 3 is 1.16 bits per heavy atom. The Bertz CT molecular complexity index is 756. The van der Waals surface area contributed by atoms with Gasteiger partial charge in [-0.2, -0.15) is 0 Å². The Labute approximate surface area is 141 Å². The van der Waals surface area contributed by atoms with Crippen molar-refractivity contribution in [3.05, 3.63) is 70.3 Å². The number of carboxylic acids is 4. The number of carboxylic acid groups (broad SMARTS) is 4. The summed E-state index contributed by atoms with van der Waals surface area (Å²) >= 11 is 0. The van der Waals surface area contributed by atoms with Gasteiger partial charge in [-0.1, -0.05) is 6.07 Å². The van der Waals surface area contributed by atoms with Crippen molar-refractivity contribution >= 4 is 23.9 Å². The fraction of sp³-hybridized carbons (Fsp3) is 0.0588. The zero-order valence-electron chi connectivity index (χ0n) is 13.0. The van der Waals surface area contributed by atoms with Gasteiger partial charge in [-0.3, -0.25) is 0 Å². The second kappa shape index (κ2) is 8.25. The van der Waals surface area contributed by atoms with Crippen LogP contribution in [0.4, 0.5) is 0 Å². The molecule has 0 amide bonds. The highest BCUT2D eigenvalue weighted by molar-refractivity contribution is 5.96. The van der Waals surface area contributed by atoms with Crippen LogP contribution < -0.4 is 0 Å². The molecule has 0 aliphatic heterocycles. The molecule has 4 N–H and O–H groups in total. The van der Waals surface area contributed by atoms with Gasteiger partial charge in [0.05, 0.1) is 22.3 Å². The minimum absolute atomic E-state index is 0.0277. The molecule has 0 aromatic heterocycles. The molecule has 0 bridgehead atoms. The fourth-order valence-electron chi connectivity index (χ4n) is 1.85. The van der Waals surface area contributed by atoms with E-state index in [2.05, 4.69) is 0 Å². The van der Waals surface area contributed by atoms with E-state index in [-0.39, 0.29) is 27.8 Å². The van der Waals surface area contributed by atoms with Crippen molar-refractivity contribution in [3.8, 4) is 0 Å². The van der Waals surface area contributed by atoms with E-state index in [0.717, 1.165) is 0 Å². The van der Waals surface area contributed by atoms with E-state index in [0.29, 0.717) is 0 Å². The van der Waals surface area contributed by atoms with Crippen molar-refractivity contribution < 1.29 is 39.6 Å². The van der Waals surface area contributed by atoms with Gasteiger partial charge in [0.25, 0.3) is 0 Å². The summed E-state index contributed by atoms with van der Waals surface area (Å²) in [5, 5.41) is 34.3. The summed E-state index contributed by atoms with van der Waals surface area (Å²) in [6, 6.07) is 9.20. The summed E-state index contributed by atoms with van der Waals surface area (Å²) in [5.41, 5.74) is 0.502. The van der Waals surface area contributed by atoms with Crippen LogP contribution in [0.1, 0.15) is 47.0 Å². The van der Waals surface area contributed by atoms with E-state index in [4.69, 9.17) is 20.4 Å². The first kappa shape index (κ1) is 19.4. The largest absolute Gasteiger partial charge is 0.478 e. The molecule has 0 fully saturated rings. The van der Waals surface area contributed by atoms with Gasteiger partial charge in [0.1, 0.15) is 0 Å². The molecule has 0 unspecified atom stereocenters. The average Bonchev–Trinajstić information content (AvgIpc) is 2.55. The molecule has 130 valence electrons. The van der Waals surface area contributed by atoms with E-state index in [1.54, 1.807) is 0 Å². The molecule has 0 aliphatic rings. The highest BCUT2D eigenvalue weighted by atomic mass is 16.4. The van der Waals surface area contributed by atoms with Gasteiger partial charge in [0.2, 0.25) is 0 Å². The second-order valence-electron chi connectivity index (χ2n) is 4.78. The third kappa shape index (κ3) is 5.17. The molecule has 8 nitrogen and oxygen atoms in total. The van der Waals surface area contributed by atoms with E-state index >= 15 is 0 Å². The lowest BCUT2D eigenvalue weighted by atomic mass is 10.0. The zero-order valence-corrected chi connectivity index (χ0v) is 13.0. The first-order chi connectivity index (χ1) is 11.6. The van der Waals surface area contributed by atoms with Gasteiger partial charge in [-0.05, 0) is 48.9 Å². The molecule has 0 heterocycles. The van der Waals surface area contributed by atoms with Crippen LogP contribution in [0.5, 0.6) is 0 Å². The van der Waals surface area contributed by atoms with Crippen molar-refractivity contribution in [2.75, 3.05) is 0 Å². The lowest BCUT2D eigenvalue weighted by molar-refractivity contribution is 0.0681. The van der Waals surface area contributed by atoms with Crippen molar-refractivity contribution in [1.29, 1.82) is 0 Å². The Kier molecular flexibility index (Phi) is 6.39. The summed E-state index contributed by atoms with van der Waals surface area (Å²) in [6.07, 6.45) is 0. The number of hydrogen-bond donors (Lipinski definition) is 4. The minimum atomic E-state index is -1.11. The summed E-state index contributed by atoms with van der Waals surface area (Å²) in [5.74, 6) is -4.35. The zero-order chi connectivity index (χ0) is 19.1. The normalized spacial score (nSPS) is 9.48. The summed E-state index contributed by atoms with van der Waals surface area (Å²) in [4.78, 5) is 41.9. The van der Waals surface area contributed by atoms with Crippen molar-refractivity contribution in [2.45, 2.75) is 6.92 Å². The van der Waals surface area contributed by atoms with E-state index < -0.39 is 23.9 Å². The van der Waals surface area contributed by atoms with E-state index in [1.165, 1.54) is 49.4 Å². The maximum Gasteiger partial charge on any atom is 0.335 e. The number of hydrogen-bond acceptors (Lipinski definition) is 4. The molecule has 0 aliphatic carbocycles. The molecule has 0 radical (unpaired) electrons. The van der Waals surface area contributed by atoms with Gasteiger partial charge in [-0.15, -0.1) is 0 Å². The van der Waals surface area contributed by atoms with Crippen LogP contribution >= 0.6 is 0 Å². The highest BCUT2D eigenvalue weighted by Crippen LogP contribution is 2.13. The van der Waals surface area contributed by atoms with Crippen LogP contribution in [0.25, 0.3) is 0 Å². The molecule has 2 aromatic carbocycles. The second-order valence-corrected chi connectivity index (χ2v) is 4.78. The minimum Gasteiger partial charge on any atom is -0.478 e. The molecule has 2 rings (SSSR count). The smallest absolute Gasteiger partial charge is 0.335 e. The predicted octanol–water partition coefficient (Wildman–Crippen LogP) is 2.47. The van der Waals surface area contributed by atoms with Gasteiger partial charge in [-0.25, -0.2) is 19.2 Å². The number of aromatic carboxylic acids is 4. The molecule has 0 spiro atoms. The Hall–Kier alpha value is -3.68. The van der Waals surface area contributed by atoms with Crippen LogP contribution in [0.2, 0.25) is 0 Å². The third-order valence-corrected chi connectivity index (χ3v) is 3.17. The monoisotopic (exact) mass is 346 g/mol. The number of benzene rings is 2. The molecule has 0 atom stereocenters. The van der Waals surface area contributed by atoms with Crippen LogP contribution in [0.3, 0.4) is 0 Å². The summed E-state index contributed by atoms with van der Waals surface area (Å²) < 4.78 is 0. The van der Waals surface area contributed by atoms with Gasteiger partial charge in [0, 0.05) is 0 Å². The van der Waals surface area contributed by atoms with E-state index in [9.17, 15) is 19.2 Å². The van der Waals surface area contributed by atoms with Crippen LogP contribution in [0.15, 0.2) is 42.5 Å². The predicted molar refractivity (Wildman–Crippen MR) is 85.5 cm³/mol. The number of rotatable bonds is 4. The molecule has 0 saturated carbocycles. The molecule has 8 heteroatoms. The van der Waals surface area contributed by atoms with Crippen molar-refractivity contribution in [1.82, 2.24) is 0 Å².